The van der Waals surface area contributed by atoms with Gasteiger partial charge in [-0.15, -0.1) is 13.2 Å². The van der Waals surface area contributed by atoms with E-state index in [0.29, 0.717) is 11.3 Å². The summed E-state index contributed by atoms with van der Waals surface area (Å²) in [6, 6.07) is 3.67. The van der Waals surface area contributed by atoms with Crippen molar-refractivity contribution in [1.29, 1.82) is 0 Å². The lowest BCUT2D eigenvalue weighted by Gasteiger charge is -2.22. The van der Waals surface area contributed by atoms with Crippen LogP contribution in [0.4, 0.5) is 18.0 Å². The summed E-state index contributed by atoms with van der Waals surface area (Å²) < 4.78 is 45.4. The van der Waals surface area contributed by atoms with E-state index in [-0.39, 0.29) is 25.1 Å². The Morgan fingerprint density at radius 3 is 2.42 bits per heavy atom. The Kier molecular flexibility index (Phi) is 7.47. The molecule has 2 rings (SSSR count). The van der Waals surface area contributed by atoms with Gasteiger partial charge in [0.2, 0.25) is 5.91 Å². The molecule has 4 amide bonds. The summed E-state index contributed by atoms with van der Waals surface area (Å²) in [5.74, 6) is -2.21. The van der Waals surface area contributed by atoms with Crippen molar-refractivity contribution in [2.45, 2.75) is 38.6 Å². The normalized spacial score (nSPS) is 18.5. The largest absolute Gasteiger partial charge is 0.573 e. The number of carbonyl (C=O) groups excluding carboxylic acids is 4. The molecule has 1 aromatic rings. The van der Waals surface area contributed by atoms with Gasteiger partial charge in [-0.3, -0.25) is 19.3 Å². The predicted octanol–water partition coefficient (Wildman–Crippen LogP) is 1.81. The molecule has 12 heteroatoms. The molecular formula is C19H22F3N3O6. The zero-order valence-corrected chi connectivity index (χ0v) is 16.9. The number of nitrogens with zero attached hydrogens (tertiary/aromatic N) is 1. The van der Waals surface area contributed by atoms with Crippen LogP contribution in [0.15, 0.2) is 24.3 Å². The van der Waals surface area contributed by atoms with Gasteiger partial charge in [0, 0.05) is 13.0 Å². The Hall–Kier alpha value is -3.31. The molecule has 0 radical (unpaired) electrons. The van der Waals surface area contributed by atoms with Crippen molar-refractivity contribution < 1.29 is 41.8 Å². The molecule has 0 aliphatic carbocycles. The van der Waals surface area contributed by atoms with Gasteiger partial charge < -0.3 is 20.1 Å². The number of esters is 1. The van der Waals surface area contributed by atoms with Crippen LogP contribution in [0.2, 0.25) is 0 Å². The highest BCUT2D eigenvalue weighted by molar-refractivity contribution is 6.09. The number of urea groups is 1. The number of hydrogen-bond acceptors (Lipinski definition) is 6. The summed E-state index contributed by atoms with van der Waals surface area (Å²) in [6.07, 6.45) is -4.42. The smallest absolute Gasteiger partial charge is 0.466 e. The summed E-state index contributed by atoms with van der Waals surface area (Å²) >= 11 is 0. The molecule has 0 bridgehead atoms. The maximum absolute atomic E-state index is 12.8. The fourth-order valence-electron chi connectivity index (χ4n) is 2.92. The number of ether oxygens (including phenoxy) is 2. The monoisotopic (exact) mass is 445 g/mol. The van der Waals surface area contributed by atoms with Crippen LogP contribution in [0.25, 0.3) is 0 Å². The second kappa shape index (κ2) is 9.67. The van der Waals surface area contributed by atoms with Crippen LogP contribution in [0.3, 0.4) is 0 Å². The lowest BCUT2D eigenvalue weighted by atomic mass is 9.92. The van der Waals surface area contributed by atoms with Crippen LogP contribution in [0, 0.1) is 0 Å². The maximum atomic E-state index is 12.8. The van der Waals surface area contributed by atoms with Gasteiger partial charge in [0.15, 0.2) is 0 Å². The van der Waals surface area contributed by atoms with Crippen molar-refractivity contribution in [3.8, 4) is 5.75 Å². The van der Waals surface area contributed by atoms with Crippen LogP contribution >= 0.6 is 0 Å². The van der Waals surface area contributed by atoms with E-state index in [0.717, 1.165) is 12.1 Å². The van der Waals surface area contributed by atoms with E-state index in [1.165, 1.54) is 19.1 Å². The third kappa shape index (κ3) is 6.33. The minimum atomic E-state index is -4.86. The average Bonchev–Trinajstić information content (AvgIpc) is 2.89. The number of benzene rings is 1. The molecular weight excluding hydrogens is 423 g/mol. The number of hydrogen-bond donors (Lipinski definition) is 2. The van der Waals surface area contributed by atoms with Gasteiger partial charge in [0.25, 0.3) is 5.91 Å². The molecule has 31 heavy (non-hydrogen) atoms. The van der Waals surface area contributed by atoms with Gasteiger partial charge in [-0.25, -0.2) is 4.79 Å². The summed E-state index contributed by atoms with van der Waals surface area (Å²) in [6.45, 7) is 2.92. The Morgan fingerprint density at radius 2 is 1.84 bits per heavy atom. The van der Waals surface area contributed by atoms with Gasteiger partial charge in [0.05, 0.1) is 6.61 Å². The molecule has 1 heterocycles. The lowest BCUT2D eigenvalue weighted by Crippen LogP contribution is -2.43. The molecule has 1 atom stereocenters. The highest BCUT2D eigenvalue weighted by Gasteiger charge is 2.49. The van der Waals surface area contributed by atoms with Gasteiger partial charge in [-0.05, 0) is 38.0 Å². The minimum absolute atomic E-state index is 0.114. The van der Waals surface area contributed by atoms with E-state index in [1.807, 2.05) is 0 Å². The van der Waals surface area contributed by atoms with Crippen LogP contribution in [-0.4, -0.2) is 54.8 Å². The van der Waals surface area contributed by atoms with Crippen LogP contribution in [-0.2, 0) is 24.7 Å². The third-order valence-corrected chi connectivity index (χ3v) is 4.43. The first-order valence-electron chi connectivity index (χ1n) is 9.39. The Labute approximate surface area is 175 Å². The number of alkyl halides is 3. The van der Waals surface area contributed by atoms with Gasteiger partial charge in [0.1, 0.15) is 17.8 Å². The van der Waals surface area contributed by atoms with Crippen molar-refractivity contribution in [3.63, 3.8) is 0 Å². The first-order valence-corrected chi connectivity index (χ1v) is 9.39. The van der Waals surface area contributed by atoms with E-state index >= 15 is 0 Å². The molecule has 1 unspecified atom stereocenters. The topological polar surface area (TPSA) is 114 Å². The molecule has 1 aliphatic rings. The molecule has 0 saturated carbocycles. The van der Waals surface area contributed by atoms with Crippen molar-refractivity contribution in [1.82, 2.24) is 15.5 Å². The second-order valence-corrected chi connectivity index (χ2v) is 6.78. The fourth-order valence-corrected chi connectivity index (χ4v) is 2.92. The SMILES string of the molecule is CCOC(=O)CCCNC(=O)CN1C(=O)NC(C)(c2ccc(OC(F)(F)F)cc2)C1=O. The molecule has 1 saturated heterocycles. The first kappa shape index (κ1) is 24.0. The van der Waals surface area contributed by atoms with Crippen molar-refractivity contribution in [2.75, 3.05) is 19.7 Å². The van der Waals surface area contributed by atoms with Crippen molar-refractivity contribution in [2.24, 2.45) is 0 Å². The maximum Gasteiger partial charge on any atom is 0.573 e. The first-order chi connectivity index (χ1) is 14.5. The molecule has 170 valence electrons. The molecule has 2 N–H and O–H groups in total. The van der Waals surface area contributed by atoms with Gasteiger partial charge in [-0.1, -0.05) is 12.1 Å². The average molecular weight is 445 g/mol. The fraction of sp³-hybridized carbons (Fsp3) is 0.474. The van der Waals surface area contributed by atoms with Crippen molar-refractivity contribution in [3.05, 3.63) is 29.8 Å². The Morgan fingerprint density at radius 1 is 1.19 bits per heavy atom. The molecule has 0 spiro atoms. The Balaban J connectivity index is 1.95. The van der Waals surface area contributed by atoms with E-state index in [1.54, 1.807) is 6.92 Å². The van der Waals surface area contributed by atoms with Crippen LogP contribution in [0.5, 0.6) is 5.75 Å². The highest BCUT2D eigenvalue weighted by atomic mass is 19.4. The summed E-state index contributed by atoms with van der Waals surface area (Å²) in [5.41, 5.74) is -1.34. The van der Waals surface area contributed by atoms with Crippen molar-refractivity contribution >= 4 is 23.8 Å². The minimum Gasteiger partial charge on any atom is -0.466 e. The lowest BCUT2D eigenvalue weighted by molar-refractivity contribution is -0.274. The quantitative estimate of drug-likeness (QED) is 0.341. The summed E-state index contributed by atoms with van der Waals surface area (Å²) in [4.78, 5) is 49.0. The zero-order valence-electron chi connectivity index (χ0n) is 16.9. The Bertz CT molecular complexity index is 843. The number of rotatable bonds is 9. The number of imide groups is 1. The number of halogens is 3. The number of nitrogens with one attached hydrogen (secondary N) is 2. The molecule has 1 aliphatic heterocycles. The number of amides is 4. The van der Waals surface area contributed by atoms with Crippen LogP contribution in [0.1, 0.15) is 32.3 Å². The van der Waals surface area contributed by atoms with Crippen LogP contribution < -0.4 is 15.4 Å². The van der Waals surface area contributed by atoms with Gasteiger partial charge in [-0.2, -0.15) is 0 Å². The zero-order chi connectivity index (χ0) is 23.2. The molecule has 9 nitrogen and oxygen atoms in total. The van der Waals surface area contributed by atoms with Gasteiger partial charge >= 0.3 is 18.4 Å². The van der Waals surface area contributed by atoms with E-state index < -0.39 is 48.0 Å². The molecule has 1 aromatic carbocycles. The molecule has 1 fully saturated rings. The third-order valence-electron chi connectivity index (χ3n) is 4.43. The molecule has 0 aromatic heterocycles. The van der Waals surface area contributed by atoms with E-state index in [2.05, 4.69) is 15.4 Å². The predicted molar refractivity (Wildman–Crippen MR) is 99.6 cm³/mol. The van der Waals surface area contributed by atoms with E-state index in [9.17, 15) is 32.3 Å². The standard InChI is InChI=1S/C19H22F3N3O6/c1-3-30-15(27)5-4-10-23-14(26)11-25-16(28)18(2,24-17(25)29)12-6-8-13(9-7-12)31-19(20,21)22/h6-9H,3-5,10-11H2,1-2H3,(H,23,26)(H,24,29). The summed E-state index contributed by atoms with van der Waals surface area (Å²) in [5, 5.41) is 4.95. The van der Waals surface area contributed by atoms with E-state index in [4.69, 9.17) is 4.74 Å². The summed E-state index contributed by atoms with van der Waals surface area (Å²) in [7, 11) is 0. The number of carbonyl (C=O) groups is 4. The second-order valence-electron chi connectivity index (χ2n) is 6.78. The highest BCUT2D eigenvalue weighted by Crippen LogP contribution is 2.31.